The number of hydrogen-bond donors (Lipinski definition) is 7. The van der Waals surface area contributed by atoms with Gasteiger partial charge in [-0.2, -0.15) is 0 Å². The highest BCUT2D eigenvalue weighted by Crippen LogP contribution is 1.98. The largest absolute Gasteiger partial charge is 0.480 e. The van der Waals surface area contributed by atoms with Gasteiger partial charge >= 0.3 is 17.9 Å². The molecule has 0 aromatic carbocycles. The number of carbonyl (C=O) groups excluding carboxylic acids is 2. The van der Waals surface area contributed by atoms with Gasteiger partial charge in [0.2, 0.25) is 11.8 Å². The molecule has 0 atom stereocenters. The summed E-state index contributed by atoms with van der Waals surface area (Å²) in [6.45, 7) is -0.698. The van der Waals surface area contributed by atoms with E-state index in [0.29, 0.717) is 25.9 Å². The first-order chi connectivity index (χ1) is 19.6. The maximum atomic E-state index is 12.4. The number of rotatable bonds is 22. The molecule has 226 valence electrons. The molecule has 2 aromatic heterocycles. The van der Waals surface area contributed by atoms with Crippen molar-refractivity contribution in [2.75, 3.05) is 72.0 Å². The fraction of sp³-hybridized carbons (Fsp3) is 0.542. The smallest absolute Gasteiger partial charge is 0.317 e. The third kappa shape index (κ3) is 15.1. The highest BCUT2D eigenvalue weighted by Gasteiger charge is 2.19. The fourth-order valence-corrected chi connectivity index (χ4v) is 3.87. The van der Waals surface area contributed by atoms with Gasteiger partial charge in [-0.05, 0) is 0 Å². The molecular formula is C24H37N9O8. The molecule has 0 saturated carbocycles. The number of carboxylic acid groups (broad SMARTS) is 3. The molecule has 17 nitrogen and oxygen atoms in total. The molecule has 0 aliphatic heterocycles. The molecule has 0 aliphatic carbocycles. The number of imidazole rings is 2. The van der Waals surface area contributed by atoms with Gasteiger partial charge in [-0.25, -0.2) is 9.97 Å². The Labute approximate surface area is 235 Å². The molecule has 0 radical (unpaired) electrons. The second-order valence-corrected chi connectivity index (χ2v) is 9.23. The van der Waals surface area contributed by atoms with Crippen molar-refractivity contribution in [2.24, 2.45) is 0 Å². The Morgan fingerprint density at radius 1 is 0.610 bits per heavy atom. The summed E-state index contributed by atoms with van der Waals surface area (Å²) in [4.78, 5) is 76.7. The number of nitrogens with zero attached hydrogens (tertiary/aromatic N) is 5. The van der Waals surface area contributed by atoms with E-state index in [9.17, 15) is 39.3 Å². The average Bonchev–Trinajstić information content (AvgIpc) is 3.59. The van der Waals surface area contributed by atoms with E-state index in [1.165, 1.54) is 27.4 Å². The molecule has 2 heterocycles. The van der Waals surface area contributed by atoms with Crippen LogP contribution in [0.3, 0.4) is 0 Å². The number of carboxylic acids is 3. The molecule has 41 heavy (non-hydrogen) atoms. The van der Waals surface area contributed by atoms with Crippen LogP contribution in [0, 0.1) is 0 Å². The van der Waals surface area contributed by atoms with Gasteiger partial charge in [0.15, 0.2) is 0 Å². The second-order valence-electron chi connectivity index (χ2n) is 9.23. The lowest BCUT2D eigenvalue weighted by Gasteiger charge is -2.28. The van der Waals surface area contributed by atoms with Crippen molar-refractivity contribution in [3.05, 3.63) is 36.4 Å². The Bertz CT molecular complexity index is 1020. The number of amides is 2. The maximum absolute atomic E-state index is 12.4. The summed E-state index contributed by atoms with van der Waals surface area (Å²) in [5.41, 5.74) is 1.67. The minimum absolute atomic E-state index is 0.0700. The number of hydrogen-bond acceptors (Lipinski definition) is 10. The lowest BCUT2D eigenvalue weighted by molar-refractivity contribution is -0.141. The van der Waals surface area contributed by atoms with Crippen LogP contribution in [0.2, 0.25) is 0 Å². The summed E-state index contributed by atoms with van der Waals surface area (Å²) in [7, 11) is 0. The quantitative estimate of drug-likeness (QED) is 0.0753. The Hall–Kier alpha value is -4.35. The normalized spacial score (nSPS) is 11.2. The molecule has 17 heteroatoms. The number of aliphatic carboxylic acids is 3. The van der Waals surface area contributed by atoms with Gasteiger partial charge in [-0.1, -0.05) is 0 Å². The van der Waals surface area contributed by atoms with Crippen molar-refractivity contribution in [1.29, 1.82) is 0 Å². The molecule has 0 saturated heterocycles. The number of nitrogens with one attached hydrogen (secondary N) is 4. The molecule has 0 unspecified atom stereocenters. The lowest BCUT2D eigenvalue weighted by atomic mass is 10.3. The van der Waals surface area contributed by atoms with E-state index in [-0.39, 0.29) is 51.1 Å². The van der Waals surface area contributed by atoms with Crippen molar-refractivity contribution in [1.82, 2.24) is 45.3 Å². The Morgan fingerprint density at radius 3 is 1.32 bits per heavy atom. The minimum atomic E-state index is -1.15. The summed E-state index contributed by atoms with van der Waals surface area (Å²) >= 11 is 0. The molecule has 0 bridgehead atoms. The van der Waals surface area contributed by atoms with Crippen molar-refractivity contribution >= 4 is 29.7 Å². The van der Waals surface area contributed by atoms with Crippen molar-refractivity contribution in [3.8, 4) is 0 Å². The van der Waals surface area contributed by atoms with E-state index >= 15 is 0 Å². The molecule has 0 fully saturated rings. The molecular weight excluding hydrogens is 542 g/mol. The van der Waals surface area contributed by atoms with Gasteiger partial charge in [0.05, 0.1) is 45.4 Å². The summed E-state index contributed by atoms with van der Waals surface area (Å²) in [5.74, 6) is -4.20. The first-order valence-electron chi connectivity index (χ1n) is 12.9. The zero-order valence-electron chi connectivity index (χ0n) is 22.6. The lowest BCUT2D eigenvalue weighted by Crippen LogP contribution is -2.47. The molecule has 2 rings (SSSR count). The van der Waals surface area contributed by atoms with Crippen LogP contribution in [-0.2, 0) is 36.8 Å². The van der Waals surface area contributed by atoms with E-state index < -0.39 is 37.5 Å². The Balaban J connectivity index is 1.86. The van der Waals surface area contributed by atoms with Gasteiger partial charge in [0.1, 0.15) is 0 Å². The third-order valence-electron chi connectivity index (χ3n) is 5.82. The van der Waals surface area contributed by atoms with Crippen LogP contribution < -0.4 is 10.6 Å². The first-order valence-corrected chi connectivity index (χ1v) is 12.9. The number of aromatic amines is 2. The zero-order chi connectivity index (χ0) is 30.0. The van der Waals surface area contributed by atoms with Crippen molar-refractivity contribution < 1.29 is 39.3 Å². The van der Waals surface area contributed by atoms with Gasteiger partial charge in [0, 0.05) is 75.9 Å². The molecule has 0 spiro atoms. The van der Waals surface area contributed by atoms with Crippen molar-refractivity contribution in [3.63, 3.8) is 0 Å². The van der Waals surface area contributed by atoms with Crippen LogP contribution in [0.25, 0.3) is 0 Å². The number of aromatic nitrogens is 4. The van der Waals surface area contributed by atoms with Crippen LogP contribution in [0.1, 0.15) is 11.4 Å². The highest BCUT2D eigenvalue weighted by atomic mass is 16.4. The van der Waals surface area contributed by atoms with Crippen LogP contribution in [0.4, 0.5) is 0 Å². The zero-order valence-corrected chi connectivity index (χ0v) is 22.6. The van der Waals surface area contributed by atoms with E-state index in [0.717, 1.165) is 11.4 Å². The summed E-state index contributed by atoms with van der Waals surface area (Å²) < 4.78 is 0. The van der Waals surface area contributed by atoms with Crippen molar-refractivity contribution in [2.45, 2.75) is 12.8 Å². The topological polar surface area (TPSA) is 237 Å². The van der Waals surface area contributed by atoms with E-state index in [1.54, 1.807) is 12.4 Å². The second kappa shape index (κ2) is 18.1. The van der Waals surface area contributed by atoms with Crippen LogP contribution in [0.15, 0.2) is 25.0 Å². The van der Waals surface area contributed by atoms with Gasteiger partial charge < -0.3 is 35.9 Å². The number of H-pyrrole nitrogens is 2. The third-order valence-corrected chi connectivity index (χ3v) is 5.82. The predicted octanol–water partition coefficient (Wildman–Crippen LogP) is -2.69. The highest BCUT2D eigenvalue weighted by molar-refractivity contribution is 5.79. The van der Waals surface area contributed by atoms with Crippen LogP contribution >= 0.6 is 0 Å². The fourth-order valence-electron chi connectivity index (χ4n) is 3.87. The van der Waals surface area contributed by atoms with E-state index in [2.05, 4.69) is 30.6 Å². The van der Waals surface area contributed by atoms with Crippen LogP contribution in [0.5, 0.6) is 0 Å². The van der Waals surface area contributed by atoms with Gasteiger partial charge in [-0.3, -0.25) is 38.7 Å². The number of carbonyl (C=O) groups is 5. The SMILES string of the molecule is O=C(O)CN(CCN(CC(=O)O)CC(=O)NCCc1cnc[nH]1)CCN(CC(=O)O)CC(=O)NCCc1cnc[nH]1. The summed E-state index contributed by atoms with van der Waals surface area (Å²) in [6, 6.07) is 0. The molecule has 2 amide bonds. The monoisotopic (exact) mass is 579 g/mol. The van der Waals surface area contributed by atoms with Gasteiger partial charge in [0.25, 0.3) is 0 Å². The average molecular weight is 580 g/mol. The first kappa shape index (κ1) is 32.9. The Morgan fingerprint density at radius 2 is 0.976 bits per heavy atom. The molecule has 0 aliphatic rings. The van der Waals surface area contributed by atoms with E-state index in [1.807, 2.05) is 0 Å². The molecule has 2 aromatic rings. The summed E-state index contributed by atoms with van der Waals surface area (Å²) in [5, 5.41) is 33.3. The predicted molar refractivity (Wildman–Crippen MR) is 143 cm³/mol. The minimum Gasteiger partial charge on any atom is -0.480 e. The maximum Gasteiger partial charge on any atom is 0.317 e. The van der Waals surface area contributed by atoms with Gasteiger partial charge in [-0.15, -0.1) is 0 Å². The van der Waals surface area contributed by atoms with Crippen LogP contribution in [-0.4, -0.2) is 152 Å². The Kier molecular flexibility index (Phi) is 14.5. The standard InChI is InChI=1S/C24H37N9O8/c34-20(27-3-1-18-9-25-16-29-18)11-32(14-23(38)39)7-5-31(13-22(36)37)6-8-33(15-24(40)41)12-21(35)28-4-2-19-10-26-17-30-19/h9-10,16-17H,1-8,11-15H2,(H,25,29)(H,26,30)(H,27,34)(H,28,35)(H,36,37)(H,38,39)(H,40,41). The van der Waals surface area contributed by atoms with E-state index in [4.69, 9.17) is 0 Å². The molecule has 7 N–H and O–H groups in total. The summed E-state index contributed by atoms with van der Waals surface area (Å²) in [6.07, 6.45) is 7.35.